The van der Waals surface area contributed by atoms with E-state index in [9.17, 15) is 19.1 Å². The van der Waals surface area contributed by atoms with Gasteiger partial charge in [0.1, 0.15) is 11.6 Å². The smallest absolute Gasteiger partial charge is 0.305 e. The Hall–Kier alpha value is -3.79. The van der Waals surface area contributed by atoms with E-state index in [-0.39, 0.29) is 41.6 Å². The highest BCUT2D eigenvalue weighted by molar-refractivity contribution is 5.94. The topological polar surface area (TPSA) is 76.6 Å². The molecule has 2 saturated heterocycles. The van der Waals surface area contributed by atoms with Crippen LogP contribution in [-0.2, 0) is 16.1 Å². The van der Waals surface area contributed by atoms with E-state index in [1.165, 1.54) is 6.07 Å². The van der Waals surface area contributed by atoms with Crippen LogP contribution in [-0.4, -0.2) is 101 Å². The maximum Gasteiger partial charge on any atom is 0.305 e. The first-order chi connectivity index (χ1) is 22.2. The number of carbonyl (C=O) groups is 2. The van der Waals surface area contributed by atoms with Gasteiger partial charge in [-0.3, -0.25) is 24.3 Å². The first-order valence-corrected chi connectivity index (χ1v) is 16.5. The summed E-state index contributed by atoms with van der Waals surface area (Å²) in [7, 11) is 0. The molecule has 246 valence electrons. The van der Waals surface area contributed by atoms with Crippen molar-refractivity contribution in [2.45, 2.75) is 58.3 Å². The van der Waals surface area contributed by atoms with Crippen molar-refractivity contribution in [1.29, 1.82) is 0 Å². The van der Waals surface area contributed by atoms with Crippen LogP contribution in [0.5, 0.6) is 5.75 Å². The number of ether oxygens (including phenoxy) is 1. The van der Waals surface area contributed by atoms with E-state index in [0.29, 0.717) is 38.2 Å². The summed E-state index contributed by atoms with van der Waals surface area (Å²) >= 11 is 0. The first-order valence-electron chi connectivity index (χ1n) is 16.5. The van der Waals surface area contributed by atoms with Crippen LogP contribution >= 0.6 is 0 Å². The van der Waals surface area contributed by atoms with Gasteiger partial charge in [-0.05, 0) is 86.8 Å². The Morgan fingerprint density at radius 2 is 1.63 bits per heavy atom. The molecule has 0 spiro atoms. The van der Waals surface area contributed by atoms with E-state index < -0.39 is 0 Å². The molecule has 1 N–H and O–H groups in total. The van der Waals surface area contributed by atoms with Gasteiger partial charge in [0.2, 0.25) is 0 Å². The SMILES string of the molecule is CCOC(=O)CCCN1CCN(C(=O)c2cccc(C(c3cccc(O)c3)N3C[C@@H](C)N(Cc4cccc(F)c4)C[C@@H]3C)c2)CC1. The third-order valence-electron chi connectivity index (χ3n) is 9.22. The maximum absolute atomic E-state index is 13.9. The van der Waals surface area contributed by atoms with Gasteiger partial charge in [-0.25, -0.2) is 4.39 Å². The van der Waals surface area contributed by atoms with E-state index in [1.807, 2.05) is 54.3 Å². The molecule has 1 unspecified atom stereocenters. The molecule has 2 aliphatic heterocycles. The molecule has 2 aliphatic rings. The van der Waals surface area contributed by atoms with Crippen LogP contribution in [0.2, 0.25) is 0 Å². The van der Waals surface area contributed by atoms with Gasteiger partial charge in [-0.1, -0.05) is 36.4 Å². The molecule has 2 fully saturated rings. The van der Waals surface area contributed by atoms with Crippen LogP contribution in [0.3, 0.4) is 0 Å². The third-order valence-corrected chi connectivity index (χ3v) is 9.22. The molecule has 5 rings (SSSR count). The number of nitrogens with zero attached hydrogens (tertiary/aromatic N) is 4. The Morgan fingerprint density at radius 3 is 2.35 bits per heavy atom. The van der Waals surface area contributed by atoms with Gasteiger partial charge in [0.25, 0.3) is 5.91 Å². The number of phenols is 1. The van der Waals surface area contributed by atoms with Crippen molar-refractivity contribution in [3.05, 3.63) is 101 Å². The minimum atomic E-state index is -0.219. The summed E-state index contributed by atoms with van der Waals surface area (Å²) in [6.45, 7) is 12.5. The molecule has 46 heavy (non-hydrogen) atoms. The molecule has 1 amide bonds. The molecule has 3 aromatic carbocycles. The Morgan fingerprint density at radius 1 is 0.913 bits per heavy atom. The number of aromatic hydroxyl groups is 1. The van der Waals surface area contributed by atoms with Crippen molar-refractivity contribution in [3.8, 4) is 5.75 Å². The molecule has 9 heteroatoms. The van der Waals surface area contributed by atoms with Gasteiger partial charge < -0.3 is 14.7 Å². The highest BCUT2D eigenvalue weighted by Gasteiger charge is 2.35. The molecule has 0 radical (unpaired) electrons. The highest BCUT2D eigenvalue weighted by atomic mass is 19.1. The number of piperazine rings is 2. The fourth-order valence-electron chi connectivity index (χ4n) is 6.82. The number of rotatable bonds is 11. The predicted octanol–water partition coefficient (Wildman–Crippen LogP) is 5.32. The van der Waals surface area contributed by atoms with Gasteiger partial charge in [0.15, 0.2) is 0 Å². The highest BCUT2D eigenvalue weighted by Crippen LogP contribution is 2.35. The number of hydrogen-bond acceptors (Lipinski definition) is 7. The lowest BCUT2D eigenvalue weighted by Gasteiger charge is -2.47. The van der Waals surface area contributed by atoms with Gasteiger partial charge >= 0.3 is 5.97 Å². The third kappa shape index (κ3) is 8.51. The molecule has 8 nitrogen and oxygen atoms in total. The second-order valence-corrected chi connectivity index (χ2v) is 12.6. The molecular formula is C37H47FN4O4. The quantitative estimate of drug-likeness (QED) is 0.288. The van der Waals surface area contributed by atoms with E-state index in [2.05, 4.69) is 34.6 Å². The molecule has 3 aromatic rings. The van der Waals surface area contributed by atoms with Crippen molar-refractivity contribution in [2.24, 2.45) is 0 Å². The monoisotopic (exact) mass is 630 g/mol. The number of phenolic OH excluding ortho intramolecular Hbond substituents is 1. The summed E-state index contributed by atoms with van der Waals surface area (Å²) in [6.07, 6.45) is 1.17. The van der Waals surface area contributed by atoms with Crippen LogP contribution in [0.15, 0.2) is 72.8 Å². The number of carbonyl (C=O) groups excluding carboxylic acids is 2. The van der Waals surface area contributed by atoms with E-state index >= 15 is 0 Å². The Balaban J connectivity index is 1.29. The van der Waals surface area contributed by atoms with Crippen molar-refractivity contribution in [3.63, 3.8) is 0 Å². The molecular weight excluding hydrogens is 583 g/mol. The van der Waals surface area contributed by atoms with Crippen LogP contribution < -0.4 is 0 Å². The lowest BCUT2D eigenvalue weighted by Crippen LogP contribution is -2.56. The molecule has 3 atom stereocenters. The zero-order chi connectivity index (χ0) is 32.6. The summed E-state index contributed by atoms with van der Waals surface area (Å²) in [5, 5.41) is 10.4. The van der Waals surface area contributed by atoms with Crippen molar-refractivity contribution >= 4 is 11.9 Å². The van der Waals surface area contributed by atoms with E-state index in [4.69, 9.17) is 4.74 Å². The first kappa shape index (κ1) is 33.6. The second kappa shape index (κ2) is 15.7. The summed E-state index contributed by atoms with van der Waals surface area (Å²) in [6, 6.07) is 22.3. The Bertz CT molecular complexity index is 1480. The van der Waals surface area contributed by atoms with E-state index in [1.54, 1.807) is 18.2 Å². The van der Waals surface area contributed by atoms with Crippen LogP contribution in [0.4, 0.5) is 4.39 Å². The van der Waals surface area contributed by atoms with Crippen LogP contribution in [0.25, 0.3) is 0 Å². The Labute approximate surface area is 272 Å². The molecule has 0 aromatic heterocycles. The average molecular weight is 631 g/mol. The summed E-state index contributed by atoms with van der Waals surface area (Å²) < 4.78 is 18.9. The van der Waals surface area contributed by atoms with E-state index in [0.717, 1.165) is 55.8 Å². The maximum atomic E-state index is 13.9. The molecule has 0 saturated carbocycles. The van der Waals surface area contributed by atoms with Gasteiger partial charge in [-0.2, -0.15) is 0 Å². The Kier molecular flexibility index (Phi) is 11.4. The standard InChI is InChI=1S/C37H47FN4O4/c1-4-46-35(44)15-8-16-39-17-19-40(20-18-39)37(45)32-12-6-10-30(22-32)36(31-11-7-14-34(43)23-31)42-25-27(2)41(24-28(42)3)26-29-9-5-13-33(38)21-29/h5-7,9-14,21-23,27-28,36,43H,4,8,15-20,24-26H2,1-3H3/t27-,28+,36?/m1/s1. The van der Waals surface area contributed by atoms with Gasteiger partial charge in [-0.15, -0.1) is 0 Å². The van der Waals surface area contributed by atoms with Gasteiger partial charge in [0.05, 0.1) is 12.6 Å². The van der Waals surface area contributed by atoms with Crippen molar-refractivity contribution in [2.75, 3.05) is 52.4 Å². The lowest BCUT2D eigenvalue weighted by molar-refractivity contribution is -0.143. The van der Waals surface area contributed by atoms with Crippen LogP contribution in [0, 0.1) is 5.82 Å². The number of esters is 1. The van der Waals surface area contributed by atoms with Crippen molar-refractivity contribution in [1.82, 2.24) is 19.6 Å². The largest absolute Gasteiger partial charge is 0.508 e. The second-order valence-electron chi connectivity index (χ2n) is 12.6. The minimum Gasteiger partial charge on any atom is -0.508 e. The summed E-state index contributed by atoms with van der Waals surface area (Å²) in [5.41, 5.74) is 3.59. The number of amides is 1. The zero-order valence-corrected chi connectivity index (χ0v) is 27.3. The number of halogens is 1. The lowest BCUT2D eigenvalue weighted by atomic mass is 9.92. The van der Waals surface area contributed by atoms with Gasteiger partial charge in [0, 0.05) is 69.9 Å². The fourth-order valence-corrected chi connectivity index (χ4v) is 6.82. The fraction of sp³-hybridized carbons (Fsp3) is 0.459. The normalized spacial score (nSPS) is 20.4. The summed E-state index contributed by atoms with van der Waals surface area (Å²) in [4.78, 5) is 34.5. The molecule has 0 bridgehead atoms. The zero-order valence-electron chi connectivity index (χ0n) is 27.3. The minimum absolute atomic E-state index is 0.0176. The molecule has 2 heterocycles. The number of hydrogen-bond donors (Lipinski definition) is 1. The average Bonchev–Trinajstić information content (AvgIpc) is 3.04. The summed E-state index contributed by atoms with van der Waals surface area (Å²) in [5.74, 6) is -0.151. The molecule has 0 aliphatic carbocycles. The van der Waals surface area contributed by atoms with Crippen LogP contribution in [0.1, 0.15) is 66.7 Å². The number of benzene rings is 3. The van der Waals surface area contributed by atoms with Crippen molar-refractivity contribution < 1.29 is 23.8 Å². The predicted molar refractivity (Wildman–Crippen MR) is 177 cm³/mol.